The number of para-hydroxylation sites is 1. The molecule has 2 aromatic heterocycles. The minimum Gasteiger partial charge on any atom is -0.395 e. The van der Waals surface area contributed by atoms with E-state index in [-0.39, 0.29) is 17.2 Å². The van der Waals surface area contributed by atoms with Crippen LogP contribution in [0.1, 0.15) is 10.4 Å². The molecule has 0 saturated heterocycles. The summed E-state index contributed by atoms with van der Waals surface area (Å²) in [6.45, 7) is 0. The molecule has 0 saturated carbocycles. The van der Waals surface area contributed by atoms with Crippen LogP contribution in [0.4, 0.5) is 14.5 Å². The average molecular weight is 420 g/mol. The summed E-state index contributed by atoms with van der Waals surface area (Å²) < 4.78 is 36.9. The Hall–Kier alpha value is -4.27. The first kappa shape index (κ1) is 18.7. The van der Waals surface area contributed by atoms with Crippen LogP contribution in [-0.2, 0) is 0 Å². The van der Waals surface area contributed by atoms with E-state index < -0.39 is 12.2 Å². The highest BCUT2D eigenvalue weighted by molar-refractivity contribution is 6.08. The average Bonchev–Trinajstić information content (AvgIpc) is 3.35. The Kier molecular flexibility index (Phi) is 4.36. The van der Waals surface area contributed by atoms with Gasteiger partial charge in [0.15, 0.2) is 11.5 Å². The van der Waals surface area contributed by atoms with Crippen LogP contribution in [0.2, 0.25) is 0 Å². The lowest BCUT2D eigenvalue weighted by Gasteiger charge is -2.06. The largest absolute Gasteiger partial charge is 0.586 e. The van der Waals surface area contributed by atoms with Gasteiger partial charge in [-0.1, -0.05) is 18.2 Å². The molecule has 9 heteroatoms. The van der Waals surface area contributed by atoms with Crippen molar-refractivity contribution in [1.82, 2.24) is 14.8 Å². The van der Waals surface area contributed by atoms with Crippen LogP contribution in [0.3, 0.4) is 0 Å². The van der Waals surface area contributed by atoms with E-state index in [1.54, 1.807) is 35.4 Å². The van der Waals surface area contributed by atoms with Crippen molar-refractivity contribution in [3.63, 3.8) is 0 Å². The molecule has 4 aromatic rings. The fourth-order valence-corrected chi connectivity index (χ4v) is 3.19. The molecule has 1 aliphatic rings. The molecule has 0 spiro atoms. The van der Waals surface area contributed by atoms with Gasteiger partial charge in [0, 0.05) is 35.9 Å². The van der Waals surface area contributed by atoms with Crippen molar-refractivity contribution >= 4 is 11.6 Å². The molecule has 0 unspecified atom stereocenters. The van der Waals surface area contributed by atoms with E-state index in [2.05, 4.69) is 24.9 Å². The summed E-state index contributed by atoms with van der Waals surface area (Å²) in [6.07, 6.45) is 1.11. The molecule has 31 heavy (non-hydrogen) atoms. The number of rotatable bonds is 4. The summed E-state index contributed by atoms with van der Waals surface area (Å²) in [5.41, 5.74) is 2.43. The number of hydrogen-bond acceptors (Lipinski definition) is 5. The van der Waals surface area contributed by atoms with E-state index >= 15 is 0 Å². The van der Waals surface area contributed by atoms with Gasteiger partial charge in [0.2, 0.25) is 0 Å². The number of alkyl halides is 2. The number of amides is 1. The molecule has 0 aliphatic carbocycles. The zero-order chi connectivity index (χ0) is 21.4. The number of pyridine rings is 1. The molecule has 1 aliphatic heterocycles. The van der Waals surface area contributed by atoms with E-state index in [4.69, 9.17) is 0 Å². The van der Waals surface area contributed by atoms with Gasteiger partial charge in [0.25, 0.3) is 5.91 Å². The number of hydrogen-bond donors (Lipinski definition) is 1. The molecule has 5 rings (SSSR count). The van der Waals surface area contributed by atoms with Crippen LogP contribution in [0.15, 0.2) is 79.3 Å². The molecule has 0 atom stereocenters. The second-order valence-electron chi connectivity index (χ2n) is 6.70. The smallest absolute Gasteiger partial charge is 0.395 e. The van der Waals surface area contributed by atoms with Gasteiger partial charge < -0.3 is 14.8 Å². The van der Waals surface area contributed by atoms with Crippen molar-refractivity contribution in [3.8, 4) is 28.4 Å². The van der Waals surface area contributed by atoms with Gasteiger partial charge in [-0.15, -0.1) is 8.78 Å². The highest BCUT2D eigenvalue weighted by atomic mass is 19.3. The summed E-state index contributed by atoms with van der Waals surface area (Å²) in [4.78, 5) is 17.2. The van der Waals surface area contributed by atoms with Crippen LogP contribution in [0, 0.1) is 0 Å². The first-order chi connectivity index (χ1) is 15.0. The Bertz CT molecular complexity index is 1260. The molecule has 1 N–H and O–H groups in total. The Labute approximate surface area is 174 Å². The number of anilines is 1. The fourth-order valence-electron chi connectivity index (χ4n) is 3.19. The molecule has 2 aromatic carbocycles. The highest BCUT2D eigenvalue weighted by Gasteiger charge is 2.43. The van der Waals surface area contributed by atoms with Gasteiger partial charge in [-0.25, -0.2) is 4.68 Å². The summed E-state index contributed by atoms with van der Waals surface area (Å²) in [6, 6.07) is 16.9. The number of carbonyl (C=O) groups excluding carboxylic acids is 1. The summed E-state index contributed by atoms with van der Waals surface area (Å²) in [5, 5.41) is 7.26. The van der Waals surface area contributed by atoms with Gasteiger partial charge in [-0.3, -0.25) is 9.78 Å². The predicted molar refractivity (Wildman–Crippen MR) is 107 cm³/mol. The van der Waals surface area contributed by atoms with Crippen LogP contribution in [0.5, 0.6) is 11.5 Å². The maximum absolute atomic E-state index is 13.3. The maximum atomic E-state index is 13.3. The van der Waals surface area contributed by atoms with Gasteiger partial charge in [0.1, 0.15) is 5.69 Å². The zero-order valence-corrected chi connectivity index (χ0v) is 15.8. The summed E-state index contributed by atoms with van der Waals surface area (Å²) in [7, 11) is 0. The van der Waals surface area contributed by atoms with Gasteiger partial charge >= 0.3 is 6.29 Å². The molecule has 3 heterocycles. The number of nitrogens with one attached hydrogen (secondary N) is 1. The third-order valence-electron chi connectivity index (χ3n) is 4.57. The quantitative estimate of drug-likeness (QED) is 0.526. The number of halogens is 2. The van der Waals surface area contributed by atoms with Gasteiger partial charge in [0.05, 0.1) is 11.3 Å². The number of carbonyl (C=O) groups is 1. The predicted octanol–water partition coefficient (Wildman–Crippen LogP) is 4.51. The first-order valence-corrected chi connectivity index (χ1v) is 9.25. The SMILES string of the molecule is O=C(Nc1ccc2c(c1)OC(F)(F)O2)c1cn(-c2ccccc2)nc1-c1cccnc1. The van der Waals surface area contributed by atoms with Gasteiger partial charge in [-0.2, -0.15) is 5.10 Å². The van der Waals surface area contributed by atoms with Crippen LogP contribution in [0.25, 0.3) is 16.9 Å². The van der Waals surface area contributed by atoms with E-state index in [1.165, 1.54) is 18.2 Å². The second kappa shape index (κ2) is 7.21. The van der Waals surface area contributed by atoms with Crippen LogP contribution >= 0.6 is 0 Å². The van der Waals surface area contributed by atoms with Crippen molar-refractivity contribution in [1.29, 1.82) is 0 Å². The monoisotopic (exact) mass is 420 g/mol. The third kappa shape index (κ3) is 3.68. The van der Waals surface area contributed by atoms with Crippen molar-refractivity contribution < 1.29 is 23.0 Å². The second-order valence-corrected chi connectivity index (χ2v) is 6.70. The topological polar surface area (TPSA) is 78.3 Å². The number of fused-ring (bicyclic) bond motifs is 1. The van der Waals surface area contributed by atoms with Crippen molar-refractivity contribution in [3.05, 3.63) is 84.8 Å². The normalized spacial score (nSPS) is 13.7. The van der Waals surface area contributed by atoms with Gasteiger partial charge in [-0.05, 0) is 36.4 Å². The number of benzene rings is 2. The standard InChI is InChI=1S/C22H14F2N4O3/c23-22(24)30-18-9-8-15(11-19(18)31-22)26-21(29)17-13-28(16-6-2-1-3-7-16)27-20(17)14-5-4-10-25-12-14/h1-13H,(H,26,29). The maximum Gasteiger partial charge on any atom is 0.586 e. The van der Waals surface area contributed by atoms with Crippen molar-refractivity contribution in [2.45, 2.75) is 6.29 Å². The van der Waals surface area contributed by atoms with Crippen molar-refractivity contribution in [2.24, 2.45) is 0 Å². The number of aromatic nitrogens is 3. The Morgan fingerprint density at radius 1 is 1.00 bits per heavy atom. The third-order valence-corrected chi connectivity index (χ3v) is 4.57. The first-order valence-electron chi connectivity index (χ1n) is 9.25. The van der Waals surface area contributed by atoms with E-state index in [0.717, 1.165) is 5.69 Å². The lowest BCUT2D eigenvalue weighted by atomic mass is 10.1. The molecular formula is C22H14F2N4O3. The molecule has 0 fully saturated rings. The minimum absolute atomic E-state index is 0.101. The molecule has 0 radical (unpaired) electrons. The van der Waals surface area contributed by atoms with E-state index in [1.807, 2.05) is 30.3 Å². The number of ether oxygens (including phenoxy) is 2. The summed E-state index contributed by atoms with van der Waals surface area (Å²) in [5.74, 6) is -0.724. The van der Waals surface area contributed by atoms with E-state index in [9.17, 15) is 13.6 Å². The molecule has 154 valence electrons. The van der Waals surface area contributed by atoms with Crippen LogP contribution in [-0.4, -0.2) is 27.0 Å². The lowest BCUT2D eigenvalue weighted by molar-refractivity contribution is -0.286. The molecule has 0 bridgehead atoms. The molecule has 1 amide bonds. The van der Waals surface area contributed by atoms with E-state index in [0.29, 0.717) is 16.8 Å². The molecular weight excluding hydrogens is 406 g/mol. The molecule has 7 nitrogen and oxygen atoms in total. The Morgan fingerprint density at radius 3 is 2.58 bits per heavy atom. The zero-order valence-electron chi connectivity index (χ0n) is 15.8. The summed E-state index contributed by atoms with van der Waals surface area (Å²) >= 11 is 0. The minimum atomic E-state index is -3.73. The Morgan fingerprint density at radius 2 is 1.81 bits per heavy atom. The van der Waals surface area contributed by atoms with Crippen molar-refractivity contribution in [2.75, 3.05) is 5.32 Å². The Balaban J connectivity index is 1.49. The highest BCUT2D eigenvalue weighted by Crippen LogP contribution is 2.42. The van der Waals surface area contributed by atoms with Crippen LogP contribution < -0.4 is 14.8 Å². The lowest BCUT2D eigenvalue weighted by Crippen LogP contribution is -2.25. The fraction of sp³-hybridized carbons (Fsp3) is 0.0455. The number of nitrogens with zero attached hydrogens (tertiary/aromatic N) is 3.